The smallest absolute Gasteiger partial charge is 0.254 e. The molecule has 6 heteroatoms. The molecule has 1 rings (SSSR count). The van der Waals surface area contributed by atoms with Crippen LogP contribution in [0.1, 0.15) is 24.2 Å². The average molecular weight is 345 g/mol. The van der Waals surface area contributed by atoms with Gasteiger partial charge < -0.3 is 15.7 Å². The molecule has 1 amide bonds. The summed E-state index contributed by atoms with van der Waals surface area (Å²) >= 11 is 8.10. The Hall–Kier alpha value is -1.14. The molecule has 0 aliphatic carbocycles. The van der Waals surface area contributed by atoms with Crippen LogP contribution in [-0.2, 0) is 0 Å². The first kappa shape index (κ1) is 15.9. The molecule has 0 bridgehead atoms. The van der Waals surface area contributed by atoms with Crippen molar-refractivity contribution in [2.45, 2.75) is 13.8 Å². The molecule has 0 radical (unpaired) electrons. The van der Waals surface area contributed by atoms with Gasteiger partial charge in [0.2, 0.25) is 0 Å². The standard InChI is InChI=1S/C13H17BrN2O2S/c1-3-16(7-8(2)12(15)19)13(18)9-4-5-10(14)11(17)6-9/h4-6,8,17H,3,7H2,1-2H3,(H2,15,19). The minimum Gasteiger partial charge on any atom is -0.507 e. The van der Waals surface area contributed by atoms with Gasteiger partial charge in [0, 0.05) is 24.6 Å². The van der Waals surface area contributed by atoms with E-state index in [1.54, 1.807) is 17.0 Å². The molecule has 1 unspecified atom stereocenters. The molecule has 4 nitrogen and oxygen atoms in total. The summed E-state index contributed by atoms with van der Waals surface area (Å²) in [7, 11) is 0. The highest BCUT2D eigenvalue weighted by atomic mass is 79.9. The Bertz CT molecular complexity index is 494. The van der Waals surface area contributed by atoms with Crippen LogP contribution in [0.3, 0.4) is 0 Å². The molecule has 0 aliphatic heterocycles. The van der Waals surface area contributed by atoms with Crippen molar-refractivity contribution in [3.8, 4) is 5.75 Å². The van der Waals surface area contributed by atoms with Gasteiger partial charge in [-0.1, -0.05) is 19.1 Å². The molecular formula is C13H17BrN2O2S. The summed E-state index contributed by atoms with van der Waals surface area (Å²) in [6.07, 6.45) is 0. The van der Waals surface area contributed by atoms with Crippen LogP contribution in [0.4, 0.5) is 0 Å². The van der Waals surface area contributed by atoms with Crippen molar-refractivity contribution in [3.63, 3.8) is 0 Å². The summed E-state index contributed by atoms with van der Waals surface area (Å²) in [4.78, 5) is 14.4. The highest BCUT2D eigenvalue weighted by Crippen LogP contribution is 2.25. The van der Waals surface area contributed by atoms with Gasteiger partial charge in [-0.25, -0.2) is 0 Å². The first-order valence-electron chi connectivity index (χ1n) is 5.93. The molecule has 19 heavy (non-hydrogen) atoms. The quantitative estimate of drug-likeness (QED) is 0.805. The van der Waals surface area contributed by atoms with Crippen molar-refractivity contribution in [1.82, 2.24) is 4.90 Å². The number of carbonyl (C=O) groups excluding carboxylic acids is 1. The number of carbonyl (C=O) groups is 1. The summed E-state index contributed by atoms with van der Waals surface area (Å²) in [6, 6.07) is 4.76. The van der Waals surface area contributed by atoms with E-state index < -0.39 is 0 Å². The highest BCUT2D eigenvalue weighted by molar-refractivity contribution is 9.10. The maximum atomic E-state index is 12.3. The van der Waals surface area contributed by atoms with E-state index in [0.29, 0.717) is 28.1 Å². The van der Waals surface area contributed by atoms with Crippen molar-refractivity contribution >= 4 is 39.0 Å². The average Bonchev–Trinajstić information content (AvgIpc) is 2.37. The molecule has 0 heterocycles. The number of amides is 1. The van der Waals surface area contributed by atoms with Gasteiger partial charge in [-0.05, 0) is 41.1 Å². The van der Waals surface area contributed by atoms with Crippen LogP contribution < -0.4 is 5.73 Å². The van der Waals surface area contributed by atoms with Crippen LogP contribution in [0.2, 0.25) is 0 Å². The molecule has 0 saturated carbocycles. The maximum Gasteiger partial charge on any atom is 0.254 e. The number of hydrogen-bond donors (Lipinski definition) is 2. The zero-order valence-corrected chi connectivity index (χ0v) is 13.3. The molecule has 0 spiro atoms. The Morgan fingerprint density at radius 1 is 1.58 bits per heavy atom. The molecule has 0 fully saturated rings. The first-order valence-corrected chi connectivity index (χ1v) is 7.14. The van der Waals surface area contributed by atoms with Crippen molar-refractivity contribution in [2.24, 2.45) is 11.7 Å². The third kappa shape index (κ3) is 4.18. The number of thiocarbonyl (C=S) groups is 1. The molecule has 3 N–H and O–H groups in total. The number of rotatable bonds is 5. The van der Waals surface area contributed by atoms with Crippen LogP contribution in [0.5, 0.6) is 5.75 Å². The van der Waals surface area contributed by atoms with Gasteiger partial charge in [-0.15, -0.1) is 0 Å². The lowest BCUT2D eigenvalue weighted by molar-refractivity contribution is 0.0754. The SMILES string of the molecule is CCN(CC(C)C(N)=S)C(=O)c1ccc(Br)c(O)c1. The number of phenols is 1. The molecule has 1 aromatic rings. The summed E-state index contributed by atoms with van der Waals surface area (Å²) in [5.74, 6) is -0.138. The van der Waals surface area contributed by atoms with Crippen LogP contribution in [0, 0.1) is 5.92 Å². The fraction of sp³-hybridized carbons (Fsp3) is 0.385. The number of hydrogen-bond acceptors (Lipinski definition) is 3. The summed E-state index contributed by atoms with van der Waals surface area (Å²) in [6.45, 7) is 4.81. The van der Waals surface area contributed by atoms with E-state index in [1.165, 1.54) is 6.07 Å². The zero-order chi connectivity index (χ0) is 14.6. The van der Waals surface area contributed by atoms with Crippen molar-refractivity contribution in [3.05, 3.63) is 28.2 Å². The second-order valence-electron chi connectivity index (χ2n) is 4.31. The fourth-order valence-electron chi connectivity index (χ4n) is 1.60. The second-order valence-corrected chi connectivity index (χ2v) is 5.64. The summed E-state index contributed by atoms with van der Waals surface area (Å²) in [5, 5.41) is 9.62. The number of phenolic OH excluding ortho intramolecular Hbond substituents is 1. The lowest BCUT2D eigenvalue weighted by Crippen LogP contribution is -2.38. The van der Waals surface area contributed by atoms with E-state index in [4.69, 9.17) is 18.0 Å². The van der Waals surface area contributed by atoms with Gasteiger partial charge in [-0.3, -0.25) is 4.79 Å². The molecule has 0 aromatic heterocycles. The van der Waals surface area contributed by atoms with E-state index in [0.717, 1.165) is 0 Å². The largest absolute Gasteiger partial charge is 0.507 e. The lowest BCUT2D eigenvalue weighted by Gasteiger charge is -2.24. The highest BCUT2D eigenvalue weighted by Gasteiger charge is 2.18. The normalized spacial score (nSPS) is 11.9. The molecule has 104 valence electrons. The van der Waals surface area contributed by atoms with Gasteiger partial charge in [0.25, 0.3) is 5.91 Å². The molecular weight excluding hydrogens is 328 g/mol. The first-order chi connectivity index (χ1) is 8.86. The van der Waals surface area contributed by atoms with E-state index in [9.17, 15) is 9.90 Å². The third-order valence-corrected chi connectivity index (χ3v) is 3.91. The van der Waals surface area contributed by atoms with Crippen molar-refractivity contribution < 1.29 is 9.90 Å². The second kappa shape index (κ2) is 6.86. The van der Waals surface area contributed by atoms with Gasteiger partial charge in [0.15, 0.2) is 0 Å². The van der Waals surface area contributed by atoms with Gasteiger partial charge >= 0.3 is 0 Å². The Kier molecular flexibility index (Phi) is 5.75. The minimum absolute atomic E-state index is 0.0389. The van der Waals surface area contributed by atoms with Crippen molar-refractivity contribution in [2.75, 3.05) is 13.1 Å². The molecule has 0 saturated heterocycles. The maximum absolute atomic E-state index is 12.3. The number of benzene rings is 1. The van der Waals surface area contributed by atoms with Crippen LogP contribution in [0.25, 0.3) is 0 Å². The number of halogens is 1. The minimum atomic E-state index is -0.145. The third-order valence-electron chi connectivity index (χ3n) is 2.84. The Labute approximate surface area is 126 Å². The van der Waals surface area contributed by atoms with E-state index in [-0.39, 0.29) is 17.6 Å². The topological polar surface area (TPSA) is 66.6 Å². The fourth-order valence-corrected chi connectivity index (χ4v) is 1.93. The number of aromatic hydroxyl groups is 1. The monoisotopic (exact) mass is 344 g/mol. The number of nitrogens with two attached hydrogens (primary N) is 1. The Morgan fingerprint density at radius 2 is 2.21 bits per heavy atom. The van der Waals surface area contributed by atoms with Gasteiger partial charge in [-0.2, -0.15) is 0 Å². The Balaban J connectivity index is 2.89. The van der Waals surface area contributed by atoms with Crippen LogP contribution in [0.15, 0.2) is 22.7 Å². The predicted octanol–water partition coefficient (Wildman–Crippen LogP) is 2.54. The Morgan fingerprint density at radius 3 is 2.68 bits per heavy atom. The van der Waals surface area contributed by atoms with Gasteiger partial charge in [0.1, 0.15) is 5.75 Å². The van der Waals surface area contributed by atoms with E-state index in [2.05, 4.69) is 15.9 Å². The van der Waals surface area contributed by atoms with E-state index >= 15 is 0 Å². The van der Waals surface area contributed by atoms with E-state index in [1.807, 2.05) is 13.8 Å². The van der Waals surface area contributed by atoms with Crippen molar-refractivity contribution in [1.29, 1.82) is 0 Å². The molecule has 0 aliphatic rings. The van der Waals surface area contributed by atoms with Crippen LogP contribution >= 0.6 is 28.1 Å². The lowest BCUT2D eigenvalue weighted by atomic mass is 10.1. The predicted molar refractivity (Wildman–Crippen MR) is 83.3 cm³/mol. The number of nitrogens with zero attached hydrogens (tertiary/aromatic N) is 1. The zero-order valence-electron chi connectivity index (χ0n) is 10.9. The summed E-state index contributed by atoms with van der Waals surface area (Å²) < 4.78 is 0.559. The molecule has 1 atom stereocenters. The van der Waals surface area contributed by atoms with Crippen LogP contribution in [-0.4, -0.2) is 34.0 Å². The molecule has 1 aromatic carbocycles. The summed E-state index contributed by atoms with van der Waals surface area (Å²) in [5.41, 5.74) is 6.01. The van der Waals surface area contributed by atoms with Gasteiger partial charge in [0.05, 0.1) is 9.46 Å².